The van der Waals surface area contributed by atoms with Gasteiger partial charge in [0.05, 0.1) is 4.90 Å². The Morgan fingerprint density at radius 2 is 1.73 bits per heavy atom. The maximum Gasteiger partial charge on any atom is 0.410 e. The second-order valence-electron chi connectivity index (χ2n) is 11.0. The maximum absolute atomic E-state index is 14.0. The van der Waals surface area contributed by atoms with E-state index in [2.05, 4.69) is 0 Å². The van der Waals surface area contributed by atoms with E-state index >= 15 is 0 Å². The van der Waals surface area contributed by atoms with Gasteiger partial charge >= 0.3 is 6.09 Å². The molecule has 10 heteroatoms. The summed E-state index contributed by atoms with van der Waals surface area (Å²) in [4.78, 5) is 27.2. The van der Waals surface area contributed by atoms with Gasteiger partial charge in [-0.3, -0.25) is 10.0 Å². The van der Waals surface area contributed by atoms with Gasteiger partial charge in [-0.25, -0.2) is 18.7 Å². The molecule has 0 aromatic heterocycles. The molecule has 0 saturated carbocycles. The third-order valence-corrected chi connectivity index (χ3v) is 8.46. The van der Waals surface area contributed by atoms with E-state index in [-0.39, 0.29) is 17.4 Å². The Morgan fingerprint density at radius 3 is 2.30 bits per heavy atom. The minimum atomic E-state index is -4.09. The van der Waals surface area contributed by atoms with Gasteiger partial charge in [0.25, 0.3) is 5.91 Å². The molecule has 2 aromatic carbocycles. The van der Waals surface area contributed by atoms with E-state index in [1.165, 1.54) is 4.31 Å². The van der Waals surface area contributed by atoms with Crippen molar-refractivity contribution in [3.63, 3.8) is 0 Å². The van der Waals surface area contributed by atoms with Gasteiger partial charge in [0.1, 0.15) is 11.6 Å². The Labute approximate surface area is 219 Å². The molecule has 0 bridgehead atoms. The van der Waals surface area contributed by atoms with E-state index in [1.807, 2.05) is 38.1 Å². The molecule has 1 fully saturated rings. The van der Waals surface area contributed by atoms with Crippen LogP contribution in [0.3, 0.4) is 0 Å². The molecule has 0 radical (unpaired) electrons. The first-order valence-electron chi connectivity index (χ1n) is 12.8. The molecule has 9 nitrogen and oxygen atoms in total. The summed E-state index contributed by atoms with van der Waals surface area (Å²) >= 11 is 0. The molecule has 2 N–H and O–H groups in total. The number of carbonyl (C=O) groups excluding carboxylic acids is 2. The SMILES string of the molecule is CC(C)CCN(C(C(=O)NO)C1CCN(C(=O)OC(C)(C)C)CC1)S(=O)(=O)c1ccc2ccccc2c1. The number of hydroxylamine groups is 1. The molecule has 1 saturated heterocycles. The van der Waals surface area contributed by atoms with Crippen LogP contribution in [0.5, 0.6) is 0 Å². The summed E-state index contributed by atoms with van der Waals surface area (Å²) in [7, 11) is -4.09. The van der Waals surface area contributed by atoms with Gasteiger partial charge in [0, 0.05) is 19.6 Å². The summed E-state index contributed by atoms with van der Waals surface area (Å²) in [6.07, 6.45) is 0.888. The smallest absolute Gasteiger partial charge is 0.410 e. The number of fused-ring (bicyclic) bond motifs is 1. The van der Waals surface area contributed by atoms with E-state index in [0.29, 0.717) is 32.4 Å². The predicted molar refractivity (Wildman–Crippen MR) is 142 cm³/mol. The van der Waals surface area contributed by atoms with Crippen LogP contribution in [-0.4, -0.2) is 66.1 Å². The molecule has 2 aromatic rings. The van der Waals surface area contributed by atoms with Crippen LogP contribution in [0.4, 0.5) is 4.79 Å². The van der Waals surface area contributed by atoms with Gasteiger partial charge in [-0.2, -0.15) is 4.31 Å². The standard InChI is InChI=1S/C27H39N3O6S/c1-19(2)12-17-30(37(34,35)23-11-10-20-8-6-7-9-22(20)18-23)24(25(31)28-33)21-13-15-29(16-14-21)26(32)36-27(3,4)5/h6-11,18-19,21,24,33H,12-17H2,1-5H3,(H,28,31). The van der Waals surface area contributed by atoms with E-state index in [1.54, 1.807) is 49.4 Å². The molecule has 0 aliphatic carbocycles. The second-order valence-corrected chi connectivity index (χ2v) is 12.9. The third-order valence-electron chi connectivity index (χ3n) is 6.58. The first-order valence-corrected chi connectivity index (χ1v) is 14.2. The molecule has 2 amide bonds. The lowest BCUT2D eigenvalue weighted by Gasteiger charge is -2.39. The molecule has 3 rings (SSSR count). The highest BCUT2D eigenvalue weighted by Gasteiger charge is 2.42. The van der Waals surface area contributed by atoms with Crippen molar-refractivity contribution in [2.75, 3.05) is 19.6 Å². The summed E-state index contributed by atoms with van der Waals surface area (Å²) in [5.41, 5.74) is 1.07. The fourth-order valence-corrected chi connectivity index (χ4v) is 6.33. The normalized spacial score (nSPS) is 16.3. The van der Waals surface area contributed by atoms with Crippen molar-refractivity contribution in [3.05, 3.63) is 42.5 Å². The lowest BCUT2D eigenvalue weighted by atomic mass is 9.88. The predicted octanol–water partition coefficient (Wildman–Crippen LogP) is 4.40. The van der Waals surface area contributed by atoms with Crippen LogP contribution in [-0.2, 0) is 19.6 Å². The highest BCUT2D eigenvalue weighted by Crippen LogP contribution is 2.31. The second kappa shape index (κ2) is 11.8. The van der Waals surface area contributed by atoms with Crippen molar-refractivity contribution >= 4 is 32.8 Å². The minimum absolute atomic E-state index is 0.0943. The van der Waals surface area contributed by atoms with Crippen molar-refractivity contribution in [2.24, 2.45) is 11.8 Å². The van der Waals surface area contributed by atoms with Gasteiger partial charge in [-0.15, -0.1) is 0 Å². The molecular weight excluding hydrogens is 494 g/mol. The van der Waals surface area contributed by atoms with Crippen molar-refractivity contribution < 1.29 is 28.0 Å². The summed E-state index contributed by atoms with van der Waals surface area (Å²) in [6.45, 7) is 10.1. The average Bonchev–Trinajstić information content (AvgIpc) is 2.84. The quantitative estimate of drug-likeness (QED) is 0.384. The molecule has 0 spiro atoms. The molecular formula is C27H39N3O6S. The Balaban J connectivity index is 1.93. The fraction of sp³-hybridized carbons (Fsp3) is 0.556. The zero-order valence-electron chi connectivity index (χ0n) is 22.3. The van der Waals surface area contributed by atoms with Crippen LogP contribution in [0.2, 0.25) is 0 Å². The topological polar surface area (TPSA) is 116 Å². The Bertz CT molecular complexity index is 1200. The van der Waals surface area contributed by atoms with Crippen molar-refractivity contribution in [1.29, 1.82) is 0 Å². The zero-order chi connectivity index (χ0) is 27.4. The first-order chi connectivity index (χ1) is 17.3. The van der Waals surface area contributed by atoms with Crippen LogP contribution in [0, 0.1) is 11.8 Å². The molecule has 37 heavy (non-hydrogen) atoms. The van der Waals surface area contributed by atoms with Crippen molar-refractivity contribution in [3.8, 4) is 0 Å². The lowest BCUT2D eigenvalue weighted by molar-refractivity contribution is -0.135. The van der Waals surface area contributed by atoms with Crippen molar-refractivity contribution in [1.82, 2.24) is 14.7 Å². The van der Waals surface area contributed by atoms with Gasteiger partial charge in [0.2, 0.25) is 10.0 Å². The lowest BCUT2D eigenvalue weighted by Crippen LogP contribution is -2.55. The molecule has 1 atom stereocenters. The molecule has 1 heterocycles. The third kappa shape index (κ3) is 7.21. The number of piperidine rings is 1. The number of ether oxygens (including phenoxy) is 1. The summed E-state index contributed by atoms with van der Waals surface area (Å²) < 4.78 is 34.7. The minimum Gasteiger partial charge on any atom is -0.444 e. The molecule has 204 valence electrons. The Kier molecular flexibility index (Phi) is 9.20. The number of carbonyl (C=O) groups is 2. The number of likely N-dealkylation sites (tertiary alicyclic amines) is 1. The first kappa shape index (κ1) is 28.9. The van der Waals surface area contributed by atoms with E-state index in [4.69, 9.17) is 4.74 Å². The van der Waals surface area contributed by atoms with Crippen molar-refractivity contribution in [2.45, 2.75) is 70.4 Å². The monoisotopic (exact) mass is 533 g/mol. The summed E-state index contributed by atoms with van der Waals surface area (Å²) in [5, 5.41) is 11.3. The van der Waals surface area contributed by atoms with Crippen LogP contribution in [0.1, 0.15) is 53.9 Å². The highest BCUT2D eigenvalue weighted by molar-refractivity contribution is 7.89. The number of sulfonamides is 1. The van der Waals surface area contributed by atoms with Crippen LogP contribution in [0.15, 0.2) is 47.4 Å². The van der Waals surface area contributed by atoms with E-state index < -0.39 is 39.6 Å². The number of hydrogen-bond acceptors (Lipinski definition) is 6. The van der Waals surface area contributed by atoms with E-state index in [9.17, 15) is 23.2 Å². The van der Waals surface area contributed by atoms with Crippen LogP contribution >= 0.6 is 0 Å². The molecule has 1 aliphatic heterocycles. The van der Waals surface area contributed by atoms with Gasteiger partial charge in [0.15, 0.2) is 0 Å². The largest absolute Gasteiger partial charge is 0.444 e. The van der Waals surface area contributed by atoms with E-state index in [0.717, 1.165) is 10.8 Å². The number of nitrogens with zero attached hydrogens (tertiary/aromatic N) is 2. The Morgan fingerprint density at radius 1 is 1.11 bits per heavy atom. The number of amides is 2. The van der Waals surface area contributed by atoms with Gasteiger partial charge < -0.3 is 9.64 Å². The summed E-state index contributed by atoms with van der Waals surface area (Å²) in [6, 6.07) is 11.3. The van der Waals surface area contributed by atoms with Gasteiger partial charge in [-0.05, 0) is 74.8 Å². The number of benzene rings is 2. The number of hydrogen-bond donors (Lipinski definition) is 2. The Hall–Kier alpha value is -2.69. The number of nitrogens with one attached hydrogen (secondary N) is 1. The summed E-state index contributed by atoms with van der Waals surface area (Å²) in [5.74, 6) is -0.974. The number of rotatable bonds is 8. The highest BCUT2D eigenvalue weighted by atomic mass is 32.2. The average molecular weight is 534 g/mol. The molecule has 1 aliphatic rings. The molecule has 1 unspecified atom stereocenters. The van der Waals surface area contributed by atoms with Crippen LogP contribution in [0.25, 0.3) is 10.8 Å². The maximum atomic E-state index is 14.0. The van der Waals surface area contributed by atoms with Crippen LogP contribution < -0.4 is 5.48 Å². The van der Waals surface area contributed by atoms with Gasteiger partial charge in [-0.1, -0.05) is 44.2 Å². The zero-order valence-corrected chi connectivity index (χ0v) is 23.1. The fourth-order valence-electron chi connectivity index (χ4n) is 4.63.